The SMILES string of the molecule is N#Cc1ccc2c(c1)CC(=O)c1c(Nc3ccc(CS(=O)(=O)c4ccccc4)c(O)c3)ccnc1N2. The highest BCUT2D eigenvalue weighted by Gasteiger charge is 2.24. The minimum absolute atomic E-state index is 0.0900. The highest BCUT2D eigenvalue weighted by atomic mass is 32.2. The fraction of sp³-hybridized carbons (Fsp3) is 0.0741. The second kappa shape index (κ2) is 9.17. The molecule has 36 heavy (non-hydrogen) atoms. The lowest BCUT2D eigenvalue weighted by Crippen LogP contribution is -2.08. The molecule has 1 aliphatic rings. The number of nitrogens with zero attached hydrogens (tertiary/aromatic N) is 2. The van der Waals surface area contributed by atoms with E-state index in [0.29, 0.717) is 39.6 Å². The number of phenols is 1. The number of sulfone groups is 1. The quantitative estimate of drug-likeness (QED) is 0.357. The molecule has 0 atom stereocenters. The zero-order chi connectivity index (χ0) is 25.3. The highest BCUT2D eigenvalue weighted by Crippen LogP contribution is 2.35. The molecule has 0 saturated heterocycles. The molecule has 0 amide bonds. The van der Waals surface area contributed by atoms with Gasteiger partial charge in [-0.05, 0) is 48.0 Å². The molecule has 1 aliphatic heterocycles. The zero-order valence-corrected chi connectivity index (χ0v) is 19.7. The predicted octanol–water partition coefficient (Wildman–Crippen LogP) is 4.86. The molecule has 9 heteroatoms. The van der Waals surface area contributed by atoms with Crippen LogP contribution in [0.2, 0.25) is 0 Å². The summed E-state index contributed by atoms with van der Waals surface area (Å²) >= 11 is 0. The van der Waals surface area contributed by atoms with Gasteiger partial charge in [0.05, 0.1) is 33.5 Å². The average molecular weight is 497 g/mol. The van der Waals surface area contributed by atoms with Crippen LogP contribution in [0.15, 0.2) is 83.9 Å². The van der Waals surface area contributed by atoms with E-state index in [2.05, 4.69) is 21.7 Å². The van der Waals surface area contributed by atoms with Crippen LogP contribution < -0.4 is 10.6 Å². The van der Waals surface area contributed by atoms with E-state index < -0.39 is 9.84 Å². The first-order valence-corrected chi connectivity index (χ1v) is 12.7. The van der Waals surface area contributed by atoms with Crippen molar-refractivity contribution in [2.75, 3.05) is 10.6 Å². The number of carbonyl (C=O) groups excluding carboxylic acids is 1. The minimum atomic E-state index is -3.62. The lowest BCUT2D eigenvalue weighted by molar-refractivity contribution is 0.0995. The molecule has 3 aromatic carbocycles. The van der Waals surface area contributed by atoms with Crippen molar-refractivity contribution in [3.8, 4) is 11.8 Å². The number of aromatic nitrogens is 1. The summed E-state index contributed by atoms with van der Waals surface area (Å²) in [6.45, 7) is 0. The molecule has 8 nitrogen and oxygen atoms in total. The summed E-state index contributed by atoms with van der Waals surface area (Å²) in [6.07, 6.45) is 1.64. The van der Waals surface area contributed by atoms with Gasteiger partial charge in [0, 0.05) is 35.6 Å². The fourth-order valence-electron chi connectivity index (χ4n) is 4.10. The van der Waals surface area contributed by atoms with Crippen molar-refractivity contribution in [3.63, 3.8) is 0 Å². The number of nitriles is 1. The van der Waals surface area contributed by atoms with Crippen LogP contribution >= 0.6 is 0 Å². The number of pyridine rings is 1. The van der Waals surface area contributed by atoms with Gasteiger partial charge in [-0.3, -0.25) is 4.79 Å². The monoisotopic (exact) mass is 496 g/mol. The third-order valence-electron chi connectivity index (χ3n) is 5.88. The maximum absolute atomic E-state index is 13.2. The fourth-order valence-corrected chi connectivity index (χ4v) is 5.49. The van der Waals surface area contributed by atoms with Crippen LogP contribution in [-0.4, -0.2) is 24.3 Å². The first-order valence-electron chi connectivity index (χ1n) is 11.0. The third-order valence-corrected chi connectivity index (χ3v) is 7.56. The van der Waals surface area contributed by atoms with Crippen LogP contribution in [0, 0.1) is 11.3 Å². The van der Waals surface area contributed by atoms with E-state index in [4.69, 9.17) is 0 Å². The summed E-state index contributed by atoms with van der Waals surface area (Å²) in [5.41, 5.74) is 3.43. The molecule has 0 spiro atoms. The van der Waals surface area contributed by atoms with Crippen LogP contribution in [-0.2, 0) is 22.0 Å². The Morgan fingerprint density at radius 2 is 1.86 bits per heavy atom. The van der Waals surface area contributed by atoms with Crippen molar-refractivity contribution in [1.82, 2.24) is 4.98 Å². The molecule has 1 aromatic heterocycles. The number of phenolic OH excluding ortho intramolecular Hbond substituents is 1. The lowest BCUT2D eigenvalue weighted by atomic mass is 10.0. The van der Waals surface area contributed by atoms with Crippen molar-refractivity contribution in [3.05, 3.63) is 101 Å². The van der Waals surface area contributed by atoms with E-state index in [0.717, 1.165) is 0 Å². The topological polar surface area (TPSA) is 132 Å². The smallest absolute Gasteiger partial charge is 0.182 e. The second-order valence-corrected chi connectivity index (χ2v) is 10.3. The van der Waals surface area contributed by atoms with Crippen molar-refractivity contribution in [1.29, 1.82) is 5.26 Å². The lowest BCUT2D eigenvalue weighted by Gasteiger charge is -2.14. The van der Waals surface area contributed by atoms with Gasteiger partial charge in [0.25, 0.3) is 0 Å². The van der Waals surface area contributed by atoms with Crippen molar-refractivity contribution in [2.45, 2.75) is 17.1 Å². The number of fused-ring (bicyclic) bond motifs is 2. The van der Waals surface area contributed by atoms with E-state index in [1.54, 1.807) is 54.7 Å². The Labute approximate surface area is 207 Å². The van der Waals surface area contributed by atoms with Gasteiger partial charge >= 0.3 is 0 Å². The number of Topliss-reactive ketones (excluding diaryl/α,β-unsaturated/α-hetero) is 1. The van der Waals surface area contributed by atoms with Gasteiger partial charge in [-0.25, -0.2) is 13.4 Å². The Morgan fingerprint density at radius 1 is 1.06 bits per heavy atom. The van der Waals surface area contributed by atoms with Crippen molar-refractivity contribution >= 4 is 38.5 Å². The first-order chi connectivity index (χ1) is 17.3. The number of hydrogen-bond acceptors (Lipinski definition) is 8. The molecule has 0 aliphatic carbocycles. The number of benzene rings is 3. The molecular weight excluding hydrogens is 476 g/mol. The van der Waals surface area contributed by atoms with Gasteiger partial charge < -0.3 is 15.7 Å². The molecule has 0 saturated carbocycles. The molecular formula is C27H20N4O4S. The molecule has 5 rings (SSSR count). The summed E-state index contributed by atoms with van der Waals surface area (Å²) in [7, 11) is -3.62. The van der Waals surface area contributed by atoms with Crippen molar-refractivity contribution < 1.29 is 18.3 Å². The van der Waals surface area contributed by atoms with E-state index in [1.807, 2.05) is 0 Å². The van der Waals surface area contributed by atoms with E-state index in [1.165, 1.54) is 24.3 Å². The third kappa shape index (κ3) is 4.50. The van der Waals surface area contributed by atoms with Gasteiger partial charge in [0.2, 0.25) is 0 Å². The number of ketones is 1. The molecule has 4 aromatic rings. The van der Waals surface area contributed by atoms with Crippen LogP contribution in [0.3, 0.4) is 0 Å². The summed E-state index contributed by atoms with van der Waals surface area (Å²) < 4.78 is 25.4. The molecule has 0 bridgehead atoms. The number of carbonyl (C=O) groups is 1. The molecule has 3 N–H and O–H groups in total. The standard InChI is InChI=1S/C27H20N4O4S/c28-15-17-6-9-22-19(12-17)13-25(33)26-23(10-11-29-27(26)31-22)30-20-8-7-18(24(32)14-20)16-36(34,35)21-4-2-1-3-5-21/h1-12,14,32H,13,16H2,(H2,29,30,31). The Kier molecular flexibility index (Phi) is 5.88. The maximum Gasteiger partial charge on any atom is 0.182 e. The van der Waals surface area contributed by atoms with Gasteiger partial charge in [-0.2, -0.15) is 5.26 Å². The van der Waals surface area contributed by atoms with Crippen LogP contribution in [0.5, 0.6) is 5.75 Å². The number of aromatic hydroxyl groups is 1. The first kappa shape index (κ1) is 23.1. The number of nitrogens with one attached hydrogen (secondary N) is 2. The van der Waals surface area contributed by atoms with Crippen LogP contribution in [0.25, 0.3) is 0 Å². The number of rotatable bonds is 5. The zero-order valence-electron chi connectivity index (χ0n) is 18.9. The van der Waals surface area contributed by atoms with Gasteiger partial charge in [-0.1, -0.05) is 24.3 Å². The summed E-state index contributed by atoms with van der Waals surface area (Å²) in [5, 5.41) is 26.1. The number of anilines is 4. The van der Waals surface area contributed by atoms with Gasteiger partial charge in [0.1, 0.15) is 11.6 Å². The summed E-state index contributed by atoms with van der Waals surface area (Å²) in [5.74, 6) is -0.334. The Hall–Kier alpha value is -4.68. The molecule has 0 fully saturated rings. The predicted molar refractivity (Wildman–Crippen MR) is 135 cm³/mol. The second-order valence-electron chi connectivity index (χ2n) is 8.33. The van der Waals surface area contributed by atoms with E-state index in [-0.39, 0.29) is 34.2 Å². The molecule has 178 valence electrons. The number of hydrogen-bond donors (Lipinski definition) is 3. The maximum atomic E-state index is 13.2. The Balaban J connectivity index is 1.42. The van der Waals surface area contributed by atoms with Gasteiger partial charge in [0.15, 0.2) is 15.6 Å². The Morgan fingerprint density at radius 3 is 2.61 bits per heavy atom. The van der Waals surface area contributed by atoms with Crippen LogP contribution in [0.4, 0.5) is 22.9 Å². The minimum Gasteiger partial charge on any atom is -0.508 e. The highest BCUT2D eigenvalue weighted by molar-refractivity contribution is 7.90. The average Bonchev–Trinajstić information content (AvgIpc) is 3.01. The summed E-state index contributed by atoms with van der Waals surface area (Å²) in [4.78, 5) is 17.7. The van der Waals surface area contributed by atoms with Gasteiger partial charge in [-0.15, -0.1) is 0 Å². The summed E-state index contributed by atoms with van der Waals surface area (Å²) in [6, 6.07) is 21.5. The largest absolute Gasteiger partial charge is 0.508 e. The normalized spacial score (nSPS) is 12.5. The molecule has 2 heterocycles. The van der Waals surface area contributed by atoms with Crippen LogP contribution in [0.1, 0.15) is 27.0 Å². The van der Waals surface area contributed by atoms with E-state index in [9.17, 15) is 23.6 Å². The molecule has 0 radical (unpaired) electrons. The molecule has 0 unspecified atom stereocenters. The Bertz CT molecular complexity index is 1640. The van der Waals surface area contributed by atoms with Crippen molar-refractivity contribution in [2.24, 2.45) is 0 Å². The van der Waals surface area contributed by atoms with E-state index >= 15 is 0 Å².